The highest BCUT2D eigenvalue weighted by molar-refractivity contribution is 5.80. The molecule has 1 aliphatic rings. The van der Waals surface area contributed by atoms with Gasteiger partial charge in [0.2, 0.25) is 5.91 Å². The number of methoxy groups -OCH3 is 1. The highest BCUT2D eigenvalue weighted by Gasteiger charge is 2.28. The lowest BCUT2D eigenvalue weighted by Gasteiger charge is -2.10. The number of nitrogens with zero attached hydrogens (tertiary/aromatic N) is 1. The Morgan fingerprint density at radius 3 is 2.81 bits per heavy atom. The van der Waals surface area contributed by atoms with E-state index in [9.17, 15) is 14.9 Å². The Kier molecular flexibility index (Phi) is 5.10. The minimum absolute atomic E-state index is 0.0367. The maximum absolute atomic E-state index is 11.4. The molecule has 7 heteroatoms. The molecule has 1 aliphatic carbocycles. The van der Waals surface area contributed by atoms with Gasteiger partial charge in [0, 0.05) is 43.2 Å². The highest BCUT2D eigenvalue weighted by atomic mass is 16.6. The van der Waals surface area contributed by atoms with E-state index < -0.39 is 4.92 Å². The van der Waals surface area contributed by atoms with Gasteiger partial charge in [-0.15, -0.1) is 0 Å². The number of carbonyl (C=O) groups excluding carboxylic acids is 1. The summed E-state index contributed by atoms with van der Waals surface area (Å²) < 4.78 is 5.18. The van der Waals surface area contributed by atoms with Gasteiger partial charge in [-0.2, -0.15) is 0 Å². The summed E-state index contributed by atoms with van der Waals surface area (Å²) >= 11 is 0. The van der Waals surface area contributed by atoms with Gasteiger partial charge in [-0.1, -0.05) is 0 Å². The maximum Gasteiger partial charge on any atom is 0.270 e. The molecule has 1 saturated carbocycles. The third-order valence-corrected chi connectivity index (χ3v) is 3.34. The Bertz CT molecular complexity index is 529. The molecule has 7 nitrogen and oxygen atoms in total. The Morgan fingerprint density at radius 1 is 1.43 bits per heavy atom. The van der Waals surface area contributed by atoms with Crippen LogP contribution in [0.3, 0.4) is 0 Å². The zero-order chi connectivity index (χ0) is 15.2. The van der Waals surface area contributed by atoms with Crippen LogP contribution in [0.25, 0.3) is 0 Å². The van der Waals surface area contributed by atoms with Crippen molar-refractivity contribution in [2.24, 2.45) is 5.92 Å². The third kappa shape index (κ3) is 4.42. The van der Waals surface area contributed by atoms with Crippen LogP contribution in [0.15, 0.2) is 18.2 Å². The van der Waals surface area contributed by atoms with E-state index in [1.807, 2.05) is 0 Å². The molecular weight excluding hydrogens is 274 g/mol. The van der Waals surface area contributed by atoms with E-state index in [2.05, 4.69) is 10.6 Å². The van der Waals surface area contributed by atoms with Gasteiger partial charge in [-0.3, -0.25) is 14.9 Å². The number of rotatable bonds is 8. The van der Waals surface area contributed by atoms with E-state index in [0.717, 1.165) is 18.4 Å². The van der Waals surface area contributed by atoms with Gasteiger partial charge in [0.15, 0.2) is 0 Å². The van der Waals surface area contributed by atoms with E-state index in [1.165, 1.54) is 19.2 Å². The molecule has 0 heterocycles. The standard InChI is InChI=1S/C14H19N3O4/c1-21-13-5-4-12(17(19)20)8-11(13)9-15-6-7-16-14(18)10-2-3-10/h4-5,8,10,15H,2-3,6-7,9H2,1H3,(H,16,18). The first kappa shape index (κ1) is 15.2. The lowest BCUT2D eigenvalue weighted by atomic mass is 10.1. The molecule has 0 spiro atoms. The largest absolute Gasteiger partial charge is 0.496 e. The molecule has 2 rings (SSSR count). The molecule has 0 atom stereocenters. The van der Waals surface area contributed by atoms with Crippen LogP contribution in [0, 0.1) is 16.0 Å². The average Bonchev–Trinajstić information content (AvgIpc) is 3.31. The van der Waals surface area contributed by atoms with Gasteiger partial charge >= 0.3 is 0 Å². The van der Waals surface area contributed by atoms with E-state index in [1.54, 1.807) is 6.07 Å². The van der Waals surface area contributed by atoms with Crippen LogP contribution in [-0.4, -0.2) is 31.0 Å². The van der Waals surface area contributed by atoms with Crippen molar-refractivity contribution in [2.45, 2.75) is 19.4 Å². The minimum atomic E-state index is -0.432. The van der Waals surface area contributed by atoms with Gasteiger partial charge in [0.05, 0.1) is 12.0 Å². The number of ether oxygens (including phenoxy) is 1. The smallest absolute Gasteiger partial charge is 0.270 e. The quantitative estimate of drug-likeness (QED) is 0.427. The van der Waals surface area contributed by atoms with Crippen molar-refractivity contribution in [3.63, 3.8) is 0 Å². The molecule has 1 aromatic rings. The first-order valence-corrected chi connectivity index (χ1v) is 6.91. The summed E-state index contributed by atoms with van der Waals surface area (Å²) in [6.45, 7) is 1.60. The van der Waals surface area contributed by atoms with E-state index in [0.29, 0.717) is 25.4 Å². The second-order valence-electron chi connectivity index (χ2n) is 5.00. The van der Waals surface area contributed by atoms with Crippen molar-refractivity contribution < 1.29 is 14.5 Å². The van der Waals surface area contributed by atoms with Crippen LogP contribution in [0.1, 0.15) is 18.4 Å². The fraction of sp³-hybridized carbons (Fsp3) is 0.500. The lowest BCUT2D eigenvalue weighted by Crippen LogP contribution is -2.32. The van der Waals surface area contributed by atoms with Crippen LogP contribution in [-0.2, 0) is 11.3 Å². The Balaban J connectivity index is 1.79. The van der Waals surface area contributed by atoms with Crippen LogP contribution >= 0.6 is 0 Å². The van der Waals surface area contributed by atoms with E-state index >= 15 is 0 Å². The third-order valence-electron chi connectivity index (χ3n) is 3.34. The molecule has 21 heavy (non-hydrogen) atoms. The summed E-state index contributed by atoms with van der Waals surface area (Å²) in [7, 11) is 1.53. The molecule has 0 saturated heterocycles. The molecule has 0 bridgehead atoms. The molecule has 1 amide bonds. The first-order chi connectivity index (χ1) is 10.1. The molecular formula is C14H19N3O4. The van der Waals surface area contributed by atoms with E-state index in [-0.39, 0.29) is 17.5 Å². The molecule has 1 aromatic carbocycles. The Morgan fingerprint density at radius 2 is 2.19 bits per heavy atom. The number of nitrogens with one attached hydrogen (secondary N) is 2. The molecule has 0 radical (unpaired) electrons. The number of carbonyl (C=O) groups is 1. The zero-order valence-corrected chi connectivity index (χ0v) is 11.9. The van der Waals surface area contributed by atoms with Crippen LogP contribution in [0.4, 0.5) is 5.69 Å². The number of amides is 1. The van der Waals surface area contributed by atoms with Crippen LogP contribution < -0.4 is 15.4 Å². The zero-order valence-electron chi connectivity index (χ0n) is 11.9. The van der Waals surface area contributed by atoms with Gasteiger partial charge < -0.3 is 15.4 Å². The number of benzene rings is 1. The lowest BCUT2D eigenvalue weighted by molar-refractivity contribution is -0.384. The number of hydrogen-bond donors (Lipinski definition) is 2. The van der Waals surface area contributed by atoms with Crippen molar-refractivity contribution >= 4 is 11.6 Å². The summed E-state index contributed by atoms with van der Waals surface area (Å²) in [6.07, 6.45) is 1.98. The number of nitro benzene ring substituents is 1. The van der Waals surface area contributed by atoms with Crippen molar-refractivity contribution in [3.8, 4) is 5.75 Å². The van der Waals surface area contributed by atoms with Crippen molar-refractivity contribution in [2.75, 3.05) is 20.2 Å². The predicted molar refractivity (Wildman–Crippen MR) is 77.1 cm³/mol. The predicted octanol–water partition coefficient (Wildman–Crippen LogP) is 1.22. The van der Waals surface area contributed by atoms with Crippen molar-refractivity contribution in [3.05, 3.63) is 33.9 Å². The topological polar surface area (TPSA) is 93.5 Å². The molecule has 114 valence electrons. The Labute approximate surface area is 122 Å². The monoisotopic (exact) mass is 293 g/mol. The van der Waals surface area contributed by atoms with Gasteiger partial charge in [0.1, 0.15) is 5.75 Å². The molecule has 2 N–H and O–H groups in total. The summed E-state index contributed by atoms with van der Waals surface area (Å²) in [5.74, 6) is 0.932. The second-order valence-corrected chi connectivity index (χ2v) is 5.00. The molecule has 0 unspecified atom stereocenters. The van der Waals surface area contributed by atoms with Crippen molar-refractivity contribution in [1.29, 1.82) is 0 Å². The van der Waals surface area contributed by atoms with Crippen LogP contribution in [0.2, 0.25) is 0 Å². The SMILES string of the molecule is COc1ccc([N+](=O)[O-])cc1CNCCNC(=O)C1CC1. The first-order valence-electron chi connectivity index (χ1n) is 6.91. The van der Waals surface area contributed by atoms with Gasteiger partial charge in [0.25, 0.3) is 5.69 Å². The summed E-state index contributed by atoms with van der Waals surface area (Å²) in [5, 5.41) is 16.8. The summed E-state index contributed by atoms with van der Waals surface area (Å²) in [5.41, 5.74) is 0.759. The molecule has 0 aromatic heterocycles. The fourth-order valence-electron chi connectivity index (χ4n) is 2.00. The number of non-ortho nitro benzene ring substituents is 1. The van der Waals surface area contributed by atoms with Gasteiger partial charge in [-0.25, -0.2) is 0 Å². The minimum Gasteiger partial charge on any atom is -0.496 e. The summed E-state index contributed by atoms with van der Waals surface area (Å²) in [4.78, 5) is 21.8. The normalized spacial score (nSPS) is 13.8. The number of nitro groups is 1. The van der Waals surface area contributed by atoms with Crippen LogP contribution in [0.5, 0.6) is 5.75 Å². The Hall–Kier alpha value is -2.15. The maximum atomic E-state index is 11.4. The summed E-state index contributed by atoms with van der Waals surface area (Å²) in [6, 6.07) is 4.50. The van der Waals surface area contributed by atoms with Gasteiger partial charge in [-0.05, 0) is 18.9 Å². The average molecular weight is 293 g/mol. The van der Waals surface area contributed by atoms with E-state index in [4.69, 9.17) is 4.74 Å². The highest BCUT2D eigenvalue weighted by Crippen LogP contribution is 2.28. The fourth-order valence-corrected chi connectivity index (χ4v) is 2.00. The molecule has 1 fully saturated rings. The van der Waals surface area contributed by atoms with Crippen molar-refractivity contribution in [1.82, 2.24) is 10.6 Å². The number of hydrogen-bond acceptors (Lipinski definition) is 5. The second kappa shape index (κ2) is 7.03. The molecule has 0 aliphatic heterocycles.